The molecule has 260 valence electrons. The van der Waals surface area contributed by atoms with Crippen LogP contribution in [0.25, 0.3) is 0 Å². The van der Waals surface area contributed by atoms with Crippen molar-refractivity contribution in [1.82, 2.24) is 0 Å². The van der Waals surface area contributed by atoms with E-state index in [0.717, 1.165) is 18.2 Å². The predicted octanol–water partition coefficient (Wildman–Crippen LogP) is 5.56. The topological polar surface area (TPSA) is 239 Å². The number of phenols is 1. The maximum Gasteiger partial charge on any atom is 0.344 e. The van der Waals surface area contributed by atoms with Crippen molar-refractivity contribution >= 4 is 34.7 Å². The molecule has 4 rings (SSSR count). The first-order valence-electron chi connectivity index (χ1n) is 14.2. The van der Waals surface area contributed by atoms with Crippen LogP contribution in [-0.2, 0) is 19.1 Å². The van der Waals surface area contributed by atoms with E-state index in [4.69, 9.17) is 35.5 Å². The van der Waals surface area contributed by atoms with E-state index < -0.39 is 46.5 Å². The SMILES string of the molecule is CCOC(=O)COc1cc(F)ccc1[N+](=O)[O-].CCOC(=O)COc1cc(Oc2ccccc2N)ccc1[N+](=O)[O-].Nc1ccccc1O. The highest BCUT2D eigenvalue weighted by Crippen LogP contribution is 2.35. The Morgan fingerprint density at radius 2 is 1.20 bits per heavy atom. The van der Waals surface area contributed by atoms with Crippen molar-refractivity contribution in [3.8, 4) is 28.7 Å². The smallest absolute Gasteiger partial charge is 0.344 e. The third kappa shape index (κ3) is 13.3. The maximum atomic E-state index is 12.9. The van der Waals surface area contributed by atoms with Gasteiger partial charge in [0.25, 0.3) is 0 Å². The van der Waals surface area contributed by atoms with Crippen molar-refractivity contribution in [2.24, 2.45) is 0 Å². The average Bonchev–Trinajstić information content (AvgIpc) is 3.06. The fraction of sp³-hybridized carbons (Fsp3) is 0.188. The van der Waals surface area contributed by atoms with Crippen molar-refractivity contribution < 1.29 is 52.6 Å². The first-order chi connectivity index (χ1) is 23.4. The number of anilines is 2. The van der Waals surface area contributed by atoms with E-state index in [1.807, 2.05) is 0 Å². The molecule has 4 aromatic carbocycles. The zero-order valence-corrected chi connectivity index (χ0v) is 26.3. The average molecular weight is 685 g/mol. The molecular weight excluding hydrogens is 651 g/mol. The number of carbonyl (C=O) groups is 2. The van der Waals surface area contributed by atoms with E-state index in [1.165, 1.54) is 18.2 Å². The van der Waals surface area contributed by atoms with Gasteiger partial charge in [0.1, 0.15) is 23.1 Å². The number of nitrogen functional groups attached to an aromatic ring is 2. The number of hydrogen-bond acceptors (Lipinski definition) is 14. The number of para-hydroxylation sites is 4. The number of nitro groups is 2. The van der Waals surface area contributed by atoms with Crippen molar-refractivity contribution in [3.63, 3.8) is 0 Å². The number of benzene rings is 4. The van der Waals surface area contributed by atoms with Gasteiger partial charge in [0.05, 0.1) is 34.4 Å². The van der Waals surface area contributed by atoms with Gasteiger partial charge in [-0.05, 0) is 50.2 Å². The summed E-state index contributed by atoms with van der Waals surface area (Å²) in [6.45, 7) is 2.69. The van der Waals surface area contributed by atoms with Crippen LogP contribution in [0.4, 0.5) is 27.1 Å². The molecule has 17 heteroatoms. The standard InChI is InChI=1S/C16H16N2O6.C10H10FNO5.C6H7NO/c1-2-22-16(19)10-23-15-9-11(7-8-13(15)18(20)21)24-14-6-4-3-5-12(14)17;1-2-16-10(13)6-17-9-5-7(11)3-4-8(9)12(14)15;7-5-3-1-2-4-6(5)8/h3-9H,2,10,17H2,1H3;3-5H,2,6H2,1H3;1-4,8H,7H2. The molecule has 0 saturated carbocycles. The molecule has 0 saturated heterocycles. The van der Waals surface area contributed by atoms with Crippen LogP contribution in [0.15, 0.2) is 84.9 Å². The summed E-state index contributed by atoms with van der Waals surface area (Å²) in [5.74, 6) is -1.54. The third-order valence-electron chi connectivity index (χ3n) is 5.63. The molecule has 0 radical (unpaired) electrons. The maximum absolute atomic E-state index is 12.9. The number of esters is 2. The van der Waals surface area contributed by atoms with E-state index in [0.29, 0.717) is 17.1 Å². The summed E-state index contributed by atoms with van der Waals surface area (Å²) in [5, 5.41) is 30.4. The van der Waals surface area contributed by atoms with Crippen molar-refractivity contribution in [3.05, 3.63) is 111 Å². The van der Waals surface area contributed by atoms with Crippen LogP contribution in [0, 0.1) is 26.0 Å². The van der Waals surface area contributed by atoms with Crippen molar-refractivity contribution in [2.75, 3.05) is 37.9 Å². The Labute approximate surface area is 278 Å². The number of ether oxygens (including phenoxy) is 5. The zero-order chi connectivity index (χ0) is 36.3. The van der Waals surface area contributed by atoms with Gasteiger partial charge >= 0.3 is 23.3 Å². The number of rotatable bonds is 12. The van der Waals surface area contributed by atoms with Crippen LogP contribution in [0.1, 0.15) is 13.8 Å². The highest BCUT2D eigenvalue weighted by molar-refractivity contribution is 5.72. The number of hydrogen-bond donors (Lipinski definition) is 3. The number of phenolic OH excluding ortho intramolecular Hbond substituents is 1. The minimum Gasteiger partial charge on any atom is -0.506 e. The Morgan fingerprint density at radius 3 is 1.67 bits per heavy atom. The van der Waals surface area contributed by atoms with E-state index in [1.54, 1.807) is 62.4 Å². The largest absolute Gasteiger partial charge is 0.506 e. The fourth-order valence-corrected chi connectivity index (χ4v) is 3.45. The number of halogens is 1. The highest BCUT2D eigenvalue weighted by atomic mass is 19.1. The normalized spacial score (nSPS) is 9.78. The van der Waals surface area contributed by atoms with E-state index in [-0.39, 0.29) is 41.9 Å². The summed E-state index contributed by atoms with van der Waals surface area (Å²) in [5.41, 5.74) is 11.2. The van der Waals surface area contributed by atoms with Gasteiger partial charge in [0.2, 0.25) is 11.5 Å². The molecule has 0 bridgehead atoms. The molecule has 5 N–H and O–H groups in total. The molecule has 0 spiro atoms. The monoisotopic (exact) mass is 684 g/mol. The van der Waals surface area contributed by atoms with Gasteiger partial charge in [-0.15, -0.1) is 0 Å². The zero-order valence-electron chi connectivity index (χ0n) is 26.3. The lowest BCUT2D eigenvalue weighted by Gasteiger charge is -2.10. The summed E-state index contributed by atoms with van der Waals surface area (Å²) < 4.78 is 37.8. The predicted molar refractivity (Wildman–Crippen MR) is 174 cm³/mol. The van der Waals surface area contributed by atoms with Crippen molar-refractivity contribution in [1.29, 1.82) is 0 Å². The molecular formula is C32H33FN4O12. The summed E-state index contributed by atoms with van der Waals surface area (Å²) >= 11 is 0. The molecule has 0 amide bonds. The van der Waals surface area contributed by atoms with Gasteiger partial charge in [0.15, 0.2) is 13.2 Å². The van der Waals surface area contributed by atoms with Gasteiger partial charge in [-0.2, -0.15) is 0 Å². The molecule has 0 atom stereocenters. The third-order valence-corrected chi connectivity index (χ3v) is 5.63. The van der Waals surface area contributed by atoms with Crippen LogP contribution in [0.3, 0.4) is 0 Å². The molecule has 49 heavy (non-hydrogen) atoms. The molecule has 0 unspecified atom stereocenters. The number of nitrogens with zero attached hydrogens (tertiary/aromatic N) is 2. The summed E-state index contributed by atoms with van der Waals surface area (Å²) in [6, 6.07) is 20.3. The van der Waals surface area contributed by atoms with Crippen LogP contribution < -0.4 is 25.7 Å². The van der Waals surface area contributed by atoms with E-state index in [9.17, 15) is 34.2 Å². The van der Waals surface area contributed by atoms with Crippen LogP contribution in [0.2, 0.25) is 0 Å². The Hall–Kier alpha value is -6.65. The second-order valence-electron chi connectivity index (χ2n) is 9.14. The lowest BCUT2D eigenvalue weighted by molar-refractivity contribution is -0.386. The summed E-state index contributed by atoms with van der Waals surface area (Å²) in [4.78, 5) is 42.6. The minimum absolute atomic E-state index is 0.0972. The quantitative estimate of drug-likeness (QED) is 0.0544. The number of carbonyl (C=O) groups excluding carboxylic acids is 2. The van der Waals surface area contributed by atoms with Gasteiger partial charge < -0.3 is 40.3 Å². The Bertz CT molecular complexity index is 1720. The first kappa shape index (κ1) is 38.5. The number of nitrogens with two attached hydrogens (primary N) is 2. The van der Waals surface area contributed by atoms with Crippen LogP contribution >= 0.6 is 0 Å². The number of aromatic hydroxyl groups is 1. The van der Waals surface area contributed by atoms with Crippen molar-refractivity contribution in [2.45, 2.75) is 13.8 Å². The second-order valence-corrected chi connectivity index (χ2v) is 9.14. The molecule has 4 aromatic rings. The van der Waals surface area contributed by atoms with Crippen LogP contribution in [0.5, 0.6) is 28.7 Å². The lowest BCUT2D eigenvalue weighted by atomic mass is 10.2. The van der Waals surface area contributed by atoms with Gasteiger partial charge in [-0.3, -0.25) is 20.2 Å². The van der Waals surface area contributed by atoms with E-state index in [2.05, 4.69) is 4.74 Å². The van der Waals surface area contributed by atoms with Crippen LogP contribution in [-0.4, -0.2) is 53.3 Å². The molecule has 16 nitrogen and oxygen atoms in total. The lowest BCUT2D eigenvalue weighted by Crippen LogP contribution is -2.15. The molecule has 0 aliphatic carbocycles. The second kappa shape index (κ2) is 19.8. The molecule has 0 heterocycles. The number of nitro benzene ring substituents is 2. The summed E-state index contributed by atoms with van der Waals surface area (Å²) in [6.07, 6.45) is 0. The fourth-order valence-electron chi connectivity index (χ4n) is 3.45. The molecule has 0 aromatic heterocycles. The van der Waals surface area contributed by atoms with E-state index >= 15 is 0 Å². The molecule has 0 aliphatic rings. The van der Waals surface area contributed by atoms with Gasteiger partial charge in [0, 0.05) is 24.3 Å². The Morgan fingerprint density at radius 1 is 0.714 bits per heavy atom. The van der Waals surface area contributed by atoms with Gasteiger partial charge in [-0.1, -0.05) is 24.3 Å². The highest BCUT2D eigenvalue weighted by Gasteiger charge is 2.19. The van der Waals surface area contributed by atoms with Gasteiger partial charge in [-0.25, -0.2) is 14.0 Å². The molecule has 0 fully saturated rings. The first-order valence-corrected chi connectivity index (χ1v) is 14.2. The summed E-state index contributed by atoms with van der Waals surface area (Å²) in [7, 11) is 0. The Balaban J connectivity index is 0.000000288. The Kier molecular flexibility index (Phi) is 15.5. The molecule has 0 aliphatic heterocycles. The minimum atomic E-state index is -0.722.